The van der Waals surface area contributed by atoms with Crippen LogP contribution in [0.2, 0.25) is 0 Å². The summed E-state index contributed by atoms with van der Waals surface area (Å²) in [6, 6.07) is 25.5. The van der Waals surface area contributed by atoms with Crippen LogP contribution in [-0.2, 0) is 6.42 Å². The van der Waals surface area contributed by atoms with E-state index in [1.807, 2.05) is 78.9 Å². The summed E-state index contributed by atoms with van der Waals surface area (Å²) < 4.78 is 5.79. The highest BCUT2D eigenvalue weighted by Crippen LogP contribution is 2.25. The van der Waals surface area contributed by atoms with E-state index < -0.39 is 0 Å². The van der Waals surface area contributed by atoms with Gasteiger partial charge in [-0.25, -0.2) is 0 Å². The molecule has 0 aromatic heterocycles. The van der Waals surface area contributed by atoms with Gasteiger partial charge in [-0.2, -0.15) is 0 Å². The van der Waals surface area contributed by atoms with Crippen LogP contribution in [0.25, 0.3) is 0 Å². The van der Waals surface area contributed by atoms with Crippen LogP contribution in [0.1, 0.15) is 5.56 Å². The van der Waals surface area contributed by atoms with E-state index in [9.17, 15) is 0 Å². The van der Waals surface area contributed by atoms with Crippen molar-refractivity contribution in [2.75, 3.05) is 11.9 Å². The Kier molecular flexibility index (Phi) is 4.92. The van der Waals surface area contributed by atoms with E-state index in [4.69, 9.17) is 9.84 Å². The summed E-state index contributed by atoms with van der Waals surface area (Å²) in [5.41, 5.74) is 3.09. The Balaban J connectivity index is 1.70. The molecule has 3 rings (SSSR count). The molecular weight excluding hydrogens is 286 g/mol. The minimum absolute atomic E-state index is 0.141. The van der Waals surface area contributed by atoms with Crippen molar-refractivity contribution < 1.29 is 9.84 Å². The van der Waals surface area contributed by atoms with Gasteiger partial charge in [-0.05, 0) is 54.4 Å². The summed E-state index contributed by atoms with van der Waals surface area (Å²) in [6.07, 6.45) is 0.637. The SMILES string of the molecule is OCCc1ccccc1Nc1ccc(Oc2ccccc2)cc1. The number of anilines is 2. The first kappa shape index (κ1) is 15.1. The van der Waals surface area contributed by atoms with Crippen LogP contribution in [0.3, 0.4) is 0 Å². The van der Waals surface area contributed by atoms with Gasteiger partial charge in [-0.1, -0.05) is 36.4 Å². The highest BCUT2D eigenvalue weighted by molar-refractivity contribution is 5.63. The number of aliphatic hydroxyl groups excluding tert-OH is 1. The Bertz CT molecular complexity index is 739. The summed E-state index contributed by atoms with van der Waals surface area (Å²) in [7, 11) is 0. The van der Waals surface area contributed by atoms with Crippen molar-refractivity contribution in [2.45, 2.75) is 6.42 Å². The molecule has 3 heteroatoms. The molecule has 23 heavy (non-hydrogen) atoms. The van der Waals surface area contributed by atoms with Gasteiger partial charge < -0.3 is 15.2 Å². The lowest BCUT2D eigenvalue weighted by molar-refractivity contribution is 0.300. The first-order valence-corrected chi connectivity index (χ1v) is 7.64. The van der Waals surface area contributed by atoms with E-state index in [1.165, 1.54) is 0 Å². The van der Waals surface area contributed by atoms with Crippen molar-refractivity contribution in [3.8, 4) is 11.5 Å². The lowest BCUT2D eigenvalue weighted by atomic mass is 10.1. The highest BCUT2D eigenvalue weighted by atomic mass is 16.5. The van der Waals surface area contributed by atoms with Crippen LogP contribution >= 0.6 is 0 Å². The maximum Gasteiger partial charge on any atom is 0.127 e. The second kappa shape index (κ2) is 7.47. The van der Waals surface area contributed by atoms with Crippen molar-refractivity contribution in [3.63, 3.8) is 0 Å². The average Bonchev–Trinajstić information content (AvgIpc) is 2.60. The average molecular weight is 305 g/mol. The minimum atomic E-state index is 0.141. The molecular formula is C20H19NO2. The second-order valence-electron chi connectivity index (χ2n) is 5.20. The summed E-state index contributed by atoms with van der Waals surface area (Å²) in [6.45, 7) is 0.141. The van der Waals surface area contributed by atoms with E-state index in [1.54, 1.807) is 0 Å². The number of hydrogen-bond donors (Lipinski definition) is 2. The molecule has 0 unspecified atom stereocenters. The largest absolute Gasteiger partial charge is 0.457 e. The number of ether oxygens (including phenoxy) is 1. The van der Waals surface area contributed by atoms with Crippen LogP contribution in [-0.4, -0.2) is 11.7 Å². The van der Waals surface area contributed by atoms with Crippen molar-refractivity contribution in [2.24, 2.45) is 0 Å². The van der Waals surface area contributed by atoms with Crippen molar-refractivity contribution in [1.29, 1.82) is 0 Å². The summed E-state index contributed by atoms with van der Waals surface area (Å²) in [5.74, 6) is 1.62. The molecule has 3 aromatic rings. The number of para-hydroxylation sites is 2. The minimum Gasteiger partial charge on any atom is -0.457 e. The summed E-state index contributed by atoms with van der Waals surface area (Å²) in [5, 5.41) is 12.5. The maximum atomic E-state index is 9.14. The molecule has 0 aliphatic carbocycles. The van der Waals surface area contributed by atoms with Crippen LogP contribution in [0.4, 0.5) is 11.4 Å². The molecule has 0 bridgehead atoms. The van der Waals surface area contributed by atoms with Gasteiger partial charge in [0, 0.05) is 18.0 Å². The van der Waals surface area contributed by atoms with Gasteiger partial charge in [0.25, 0.3) is 0 Å². The van der Waals surface area contributed by atoms with Crippen molar-refractivity contribution in [1.82, 2.24) is 0 Å². The predicted octanol–water partition coefficient (Wildman–Crippen LogP) is 4.76. The number of benzene rings is 3. The molecule has 3 aromatic carbocycles. The zero-order valence-corrected chi connectivity index (χ0v) is 12.8. The molecule has 0 aliphatic heterocycles. The van der Waals surface area contributed by atoms with Crippen LogP contribution in [0.15, 0.2) is 78.9 Å². The lowest BCUT2D eigenvalue weighted by Crippen LogP contribution is -1.98. The highest BCUT2D eigenvalue weighted by Gasteiger charge is 2.02. The van der Waals surface area contributed by atoms with Crippen molar-refractivity contribution in [3.05, 3.63) is 84.4 Å². The molecule has 2 N–H and O–H groups in total. The molecule has 0 amide bonds. The fraction of sp³-hybridized carbons (Fsp3) is 0.100. The monoisotopic (exact) mass is 305 g/mol. The van der Waals surface area contributed by atoms with Crippen LogP contribution in [0.5, 0.6) is 11.5 Å². The fourth-order valence-corrected chi connectivity index (χ4v) is 2.37. The molecule has 0 radical (unpaired) electrons. The van der Waals surface area contributed by atoms with E-state index in [0.29, 0.717) is 6.42 Å². The fourth-order valence-electron chi connectivity index (χ4n) is 2.37. The Morgan fingerprint density at radius 1 is 0.739 bits per heavy atom. The van der Waals surface area contributed by atoms with Crippen molar-refractivity contribution >= 4 is 11.4 Å². The van der Waals surface area contributed by atoms with Gasteiger partial charge in [0.05, 0.1) is 0 Å². The van der Waals surface area contributed by atoms with E-state index in [-0.39, 0.29) is 6.61 Å². The third-order valence-electron chi connectivity index (χ3n) is 3.51. The molecule has 0 saturated heterocycles. The number of aliphatic hydroxyl groups is 1. The second-order valence-corrected chi connectivity index (χ2v) is 5.20. The number of nitrogens with one attached hydrogen (secondary N) is 1. The lowest BCUT2D eigenvalue weighted by Gasteiger charge is -2.12. The predicted molar refractivity (Wildman–Crippen MR) is 93.5 cm³/mol. The van der Waals surface area contributed by atoms with Gasteiger partial charge >= 0.3 is 0 Å². The molecule has 0 heterocycles. The normalized spacial score (nSPS) is 10.3. The Hall–Kier alpha value is -2.78. The Morgan fingerprint density at radius 2 is 1.39 bits per heavy atom. The van der Waals surface area contributed by atoms with Gasteiger partial charge in [-0.15, -0.1) is 0 Å². The third kappa shape index (κ3) is 4.11. The smallest absolute Gasteiger partial charge is 0.127 e. The number of rotatable bonds is 6. The van der Waals surface area contributed by atoms with E-state index in [0.717, 1.165) is 28.4 Å². The molecule has 0 fully saturated rings. The topological polar surface area (TPSA) is 41.5 Å². The number of hydrogen-bond acceptors (Lipinski definition) is 3. The first-order valence-electron chi connectivity index (χ1n) is 7.64. The van der Waals surface area contributed by atoms with E-state index >= 15 is 0 Å². The third-order valence-corrected chi connectivity index (χ3v) is 3.51. The van der Waals surface area contributed by atoms with Gasteiger partial charge in [0.2, 0.25) is 0 Å². The Morgan fingerprint density at radius 3 is 2.13 bits per heavy atom. The zero-order valence-electron chi connectivity index (χ0n) is 12.8. The molecule has 3 nitrogen and oxygen atoms in total. The van der Waals surface area contributed by atoms with Gasteiger partial charge in [0.15, 0.2) is 0 Å². The van der Waals surface area contributed by atoms with Gasteiger partial charge in [0.1, 0.15) is 11.5 Å². The Labute approximate surface area is 136 Å². The zero-order chi connectivity index (χ0) is 15.9. The summed E-state index contributed by atoms with van der Waals surface area (Å²) >= 11 is 0. The molecule has 0 aliphatic rings. The maximum absolute atomic E-state index is 9.14. The summed E-state index contributed by atoms with van der Waals surface area (Å²) in [4.78, 5) is 0. The standard InChI is InChI=1S/C20H19NO2/c22-15-14-16-6-4-5-9-20(16)21-17-10-12-19(13-11-17)23-18-7-2-1-3-8-18/h1-13,21-22H,14-15H2. The van der Waals surface area contributed by atoms with Crippen LogP contribution in [0, 0.1) is 0 Å². The van der Waals surface area contributed by atoms with Crippen LogP contribution < -0.4 is 10.1 Å². The first-order chi connectivity index (χ1) is 11.3. The van der Waals surface area contributed by atoms with E-state index in [2.05, 4.69) is 5.32 Å². The molecule has 0 spiro atoms. The van der Waals surface area contributed by atoms with Gasteiger partial charge in [-0.3, -0.25) is 0 Å². The molecule has 0 atom stereocenters. The quantitative estimate of drug-likeness (QED) is 0.690. The molecule has 0 saturated carbocycles. The molecule has 116 valence electrons.